The average molecular weight is 670 g/mol. The molecular weight excluding hydrogens is 618 g/mol. The summed E-state index contributed by atoms with van der Waals surface area (Å²) < 4.78 is 0. The van der Waals surface area contributed by atoms with Gasteiger partial charge in [-0.15, -0.1) is 0 Å². The summed E-state index contributed by atoms with van der Waals surface area (Å²) in [5.74, 6) is -2.59. The Balaban J connectivity index is 1.97. The van der Waals surface area contributed by atoms with Gasteiger partial charge < -0.3 is 60.1 Å². The molecule has 2 aromatic rings. The molecule has 0 saturated carbocycles. The molecule has 0 aliphatic carbocycles. The highest BCUT2D eigenvalue weighted by Crippen LogP contribution is 2.28. The van der Waals surface area contributed by atoms with Crippen LogP contribution >= 0.6 is 0 Å². The summed E-state index contributed by atoms with van der Waals surface area (Å²) >= 11 is 0. The molecule has 0 spiro atoms. The van der Waals surface area contributed by atoms with Gasteiger partial charge in [-0.2, -0.15) is 0 Å². The second-order valence-corrected chi connectivity index (χ2v) is 12.2. The summed E-state index contributed by atoms with van der Waals surface area (Å²) in [6.07, 6.45) is 0.593. The fourth-order valence-electron chi connectivity index (χ4n) is 5.43. The molecule has 0 saturated heterocycles. The first-order valence-electron chi connectivity index (χ1n) is 16.3. The van der Waals surface area contributed by atoms with Crippen LogP contribution in [0.2, 0.25) is 0 Å². The van der Waals surface area contributed by atoms with Gasteiger partial charge in [-0.3, -0.25) is 19.2 Å². The first-order valence-corrected chi connectivity index (χ1v) is 16.3. The number of aromatic hydroxyl groups is 1. The second kappa shape index (κ2) is 19.0. The second-order valence-electron chi connectivity index (χ2n) is 12.2. The number of nitrogens with two attached hydrogens (primary N) is 5. The first-order chi connectivity index (χ1) is 22.9. The molecule has 264 valence electrons. The molecule has 15 nitrogen and oxygen atoms in total. The van der Waals surface area contributed by atoms with Crippen LogP contribution in [0.4, 0.5) is 0 Å². The topological polar surface area (TPSA) is 287 Å². The Morgan fingerprint density at radius 2 is 1.65 bits per heavy atom. The molecule has 6 atom stereocenters. The van der Waals surface area contributed by atoms with E-state index < -0.39 is 53.9 Å². The van der Waals surface area contributed by atoms with Crippen LogP contribution in [-0.4, -0.2) is 96.3 Å². The number of phenolic OH excluding ortho intramolecular Hbond substituents is 1. The Labute approximate surface area is 280 Å². The van der Waals surface area contributed by atoms with Crippen molar-refractivity contribution in [3.05, 3.63) is 53.6 Å². The Bertz CT molecular complexity index is 1390. The predicted octanol–water partition coefficient (Wildman–Crippen LogP) is -2.43. The number of hydrogen-bond donors (Lipinski definition) is 11. The first kappa shape index (κ1) is 38.3. The van der Waals surface area contributed by atoms with E-state index in [0.717, 1.165) is 11.1 Å². The van der Waals surface area contributed by atoms with Gasteiger partial charge in [0.05, 0.1) is 12.1 Å². The minimum atomic E-state index is -1.31. The van der Waals surface area contributed by atoms with Gasteiger partial charge in [-0.25, -0.2) is 0 Å². The lowest BCUT2D eigenvalue weighted by Gasteiger charge is -2.27. The molecule has 48 heavy (non-hydrogen) atoms. The fourth-order valence-corrected chi connectivity index (χ4v) is 5.43. The van der Waals surface area contributed by atoms with Gasteiger partial charge in [0.2, 0.25) is 23.6 Å². The smallest absolute Gasteiger partial charge is 0.243 e. The van der Waals surface area contributed by atoms with E-state index in [2.05, 4.69) is 21.3 Å². The Hall–Kier alpha value is -4.12. The third-order valence-corrected chi connectivity index (χ3v) is 8.25. The summed E-state index contributed by atoms with van der Waals surface area (Å²) in [5.41, 5.74) is 31.8. The number of phenols is 1. The van der Waals surface area contributed by atoms with Crippen molar-refractivity contribution in [3.8, 4) is 16.9 Å². The summed E-state index contributed by atoms with van der Waals surface area (Å²) in [5, 5.41) is 31.7. The molecule has 2 aromatic carbocycles. The molecule has 0 radical (unpaired) electrons. The van der Waals surface area contributed by atoms with E-state index in [9.17, 15) is 29.4 Å². The monoisotopic (exact) mass is 669 g/mol. The maximum Gasteiger partial charge on any atom is 0.243 e. The lowest BCUT2D eigenvalue weighted by molar-refractivity contribution is -0.134. The van der Waals surface area contributed by atoms with Crippen LogP contribution in [-0.2, 0) is 32.0 Å². The predicted molar refractivity (Wildman–Crippen MR) is 182 cm³/mol. The van der Waals surface area contributed by atoms with Crippen LogP contribution in [0.1, 0.15) is 43.2 Å². The molecule has 4 bridgehead atoms. The third-order valence-electron chi connectivity index (χ3n) is 8.25. The lowest BCUT2D eigenvalue weighted by atomic mass is 9.96. The molecule has 0 fully saturated rings. The Morgan fingerprint density at radius 1 is 0.938 bits per heavy atom. The number of aliphatic hydroxyl groups is 1. The maximum atomic E-state index is 13.9. The van der Waals surface area contributed by atoms with E-state index in [0.29, 0.717) is 36.9 Å². The number of nitrogens with one attached hydrogen (secondary N) is 4. The van der Waals surface area contributed by atoms with E-state index in [1.54, 1.807) is 24.3 Å². The van der Waals surface area contributed by atoms with E-state index in [-0.39, 0.29) is 57.1 Å². The van der Waals surface area contributed by atoms with E-state index in [1.165, 1.54) is 6.07 Å². The van der Waals surface area contributed by atoms with Crippen molar-refractivity contribution >= 4 is 23.6 Å². The summed E-state index contributed by atoms with van der Waals surface area (Å²) in [6.45, 7) is 0.767. The molecule has 3 rings (SSSR count). The largest absolute Gasteiger partial charge is 0.508 e. The van der Waals surface area contributed by atoms with Gasteiger partial charge in [0.15, 0.2) is 0 Å². The van der Waals surface area contributed by atoms with E-state index in [1.807, 2.05) is 12.1 Å². The number of carbonyl (C=O) groups is 4. The molecule has 4 amide bonds. The summed E-state index contributed by atoms with van der Waals surface area (Å²) in [4.78, 5) is 54.0. The molecule has 1 aliphatic heterocycles. The van der Waals surface area contributed by atoms with Gasteiger partial charge >= 0.3 is 0 Å². The van der Waals surface area contributed by atoms with Crippen molar-refractivity contribution in [1.82, 2.24) is 21.3 Å². The van der Waals surface area contributed by atoms with Gasteiger partial charge in [-0.1, -0.05) is 30.3 Å². The van der Waals surface area contributed by atoms with Crippen LogP contribution in [0.5, 0.6) is 5.75 Å². The van der Waals surface area contributed by atoms with Crippen molar-refractivity contribution in [2.45, 2.75) is 81.3 Å². The van der Waals surface area contributed by atoms with Gasteiger partial charge in [-0.05, 0) is 73.2 Å². The highest BCUT2D eigenvalue weighted by atomic mass is 16.3. The van der Waals surface area contributed by atoms with Crippen molar-refractivity contribution in [3.63, 3.8) is 0 Å². The van der Waals surface area contributed by atoms with Crippen molar-refractivity contribution < 1.29 is 29.4 Å². The SMILES string of the molecule is NCCC[C@H](N)CNC(=O)[C@H](CCCN)NC(=O)[C@@H]1Cc2cccc(c2)-c2ccc(O)c(c2)C[C@H](N)C(=O)N[C@@H](C[C@@H](O)CN)C(=O)N1. The van der Waals surface area contributed by atoms with Crippen LogP contribution in [0, 0.1) is 0 Å². The van der Waals surface area contributed by atoms with E-state index >= 15 is 0 Å². The zero-order valence-electron chi connectivity index (χ0n) is 27.2. The zero-order chi connectivity index (χ0) is 35.2. The van der Waals surface area contributed by atoms with Gasteiger partial charge in [0.25, 0.3) is 0 Å². The molecule has 16 N–H and O–H groups in total. The van der Waals surface area contributed by atoms with Crippen molar-refractivity contribution in [1.29, 1.82) is 0 Å². The van der Waals surface area contributed by atoms with Gasteiger partial charge in [0, 0.05) is 38.4 Å². The number of carbonyl (C=O) groups excluding carboxylic acids is 4. The normalized spacial score (nSPS) is 20.2. The number of amides is 4. The minimum Gasteiger partial charge on any atom is -0.508 e. The molecule has 1 aliphatic rings. The zero-order valence-corrected chi connectivity index (χ0v) is 27.2. The van der Waals surface area contributed by atoms with Crippen LogP contribution in [0.3, 0.4) is 0 Å². The highest BCUT2D eigenvalue weighted by molar-refractivity contribution is 5.95. The molecule has 15 heteroatoms. The van der Waals surface area contributed by atoms with Crippen LogP contribution < -0.4 is 49.9 Å². The van der Waals surface area contributed by atoms with Crippen molar-refractivity contribution in [2.24, 2.45) is 28.7 Å². The molecule has 0 aromatic heterocycles. The highest BCUT2D eigenvalue weighted by Gasteiger charge is 2.32. The van der Waals surface area contributed by atoms with E-state index in [4.69, 9.17) is 28.7 Å². The van der Waals surface area contributed by atoms with Crippen LogP contribution in [0.25, 0.3) is 11.1 Å². The minimum absolute atomic E-state index is 0.0190. The van der Waals surface area contributed by atoms with Crippen LogP contribution in [0.15, 0.2) is 42.5 Å². The maximum absolute atomic E-state index is 13.9. The standard InChI is InChI=1S/C33H51N9O6/c34-10-2-6-23(37)18-39-31(46)26(7-3-11-35)40-32(47)27-13-19-4-1-5-20(12-19)21-8-9-29(44)22(14-21)15-25(38)30(45)41-28(33(48)42-27)16-24(43)17-36/h1,4-5,8-9,12,14,23-28,43-44H,2-3,6-7,10-11,13,15-18,34-38H2,(H,39,46)(H,40,47)(H,41,45)(H,42,48)/t23-,24+,25-,26-,27-,28-/m0/s1. The molecular formula is C33H51N9O6. The quantitative estimate of drug-likeness (QED) is 0.101. The summed E-state index contributed by atoms with van der Waals surface area (Å²) in [6, 6.07) is 7.33. The van der Waals surface area contributed by atoms with Gasteiger partial charge in [0.1, 0.15) is 23.9 Å². The fraction of sp³-hybridized carbons (Fsp3) is 0.515. The number of fused-ring (bicyclic) bond motifs is 5. The average Bonchev–Trinajstić information content (AvgIpc) is 3.07. The lowest BCUT2D eigenvalue weighted by Crippen LogP contribution is -2.59. The number of hydrogen-bond acceptors (Lipinski definition) is 11. The Kier molecular flexibility index (Phi) is 15.2. The number of benzene rings is 2. The number of aliphatic hydroxyl groups excluding tert-OH is 1. The number of rotatable bonds is 14. The Morgan fingerprint density at radius 3 is 2.35 bits per heavy atom. The summed E-state index contributed by atoms with van der Waals surface area (Å²) in [7, 11) is 0. The molecule has 0 unspecified atom stereocenters. The third kappa shape index (κ3) is 11.5. The van der Waals surface area contributed by atoms with Crippen molar-refractivity contribution in [2.75, 3.05) is 26.2 Å². The molecule has 1 heterocycles.